The fraction of sp³-hybridized carbons (Fsp3) is 0.600. The second-order valence-electron chi connectivity index (χ2n) is 7.70. The van der Waals surface area contributed by atoms with Gasteiger partial charge in [0.15, 0.2) is 0 Å². The first-order valence-corrected chi connectivity index (χ1v) is 9.63. The van der Waals surface area contributed by atoms with Crippen molar-refractivity contribution in [3.8, 4) is 6.07 Å². The Hall–Kier alpha value is -2.11. The normalized spacial score (nSPS) is 20.6. The summed E-state index contributed by atoms with van der Waals surface area (Å²) in [6.07, 6.45) is -0.938. The Labute approximate surface area is 163 Å². The van der Waals surface area contributed by atoms with Crippen molar-refractivity contribution in [1.29, 1.82) is 5.26 Å². The molecule has 2 aliphatic rings. The number of rotatable bonds is 5. The van der Waals surface area contributed by atoms with Crippen LogP contribution in [0, 0.1) is 11.3 Å². The Morgan fingerprint density at radius 2 is 1.64 bits per heavy atom. The number of benzene rings is 1. The Balaban J connectivity index is 1.43. The molecule has 1 heterocycles. The minimum Gasteiger partial charge on any atom is -0.337 e. The maximum Gasteiger partial charge on any atom is 0.416 e. The van der Waals surface area contributed by atoms with Crippen molar-refractivity contribution in [2.45, 2.75) is 43.9 Å². The van der Waals surface area contributed by atoms with Crippen molar-refractivity contribution in [2.75, 3.05) is 32.7 Å². The van der Waals surface area contributed by atoms with E-state index in [1.807, 2.05) is 0 Å². The van der Waals surface area contributed by atoms with Crippen LogP contribution in [-0.4, -0.2) is 54.0 Å². The van der Waals surface area contributed by atoms with Crippen LogP contribution in [0.3, 0.4) is 0 Å². The van der Waals surface area contributed by atoms with E-state index in [2.05, 4.69) is 21.2 Å². The van der Waals surface area contributed by atoms with E-state index >= 15 is 0 Å². The molecule has 8 heteroatoms. The lowest BCUT2D eigenvalue weighted by atomic mass is 10.00. The number of piperazine rings is 1. The average molecular weight is 394 g/mol. The van der Waals surface area contributed by atoms with Crippen LogP contribution in [0.5, 0.6) is 0 Å². The predicted octanol–water partition coefficient (Wildman–Crippen LogP) is 2.78. The summed E-state index contributed by atoms with van der Waals surface area (Å²) < 4.78 is 37.9. The van der Waals surface area contributed by atoms with Gasteiger partial charge in [-0.1, -0.05) is 12.1 Å². The van der Waals surface area contributed by atoms with Crippen LogP contribution in [-0.2, 0) is 17.5 Å². The molecule has 1 aromatic rings. The van der Waals surface area contributed by atoms with Crippen LogP contribution in [0.2, 0.25) is 0 Å². The van der Waals surface area contributed by atoms with E-state index in [4.69, 9.17) is 0 Å². The summed E-state index contributed by atoms with van der Waals surface area (Å²) in [4.78, 5) is 16.5. The van der Waals surface area contributed by atoms with Gasteiger partial charge in [0.2, 0.25) is 5.91 Å². The number of nitrogens with zero attached hydrogens (tertiary/aromatic N) is 3. The number of nitriles is 1. The van der Waals surface area contributed by atoms with Crippen LogP contribution >= 0.6 is 0 Å². The molecular formula is C20H25F3N4O. The fourth-order valence-electron chi connectivity index (χ4n) is 3.92. The molecule has 28 heavy (non-hydrogen) atoms. The zero-order valence-electron chi connectivity index (χ0n) is 15.8. The highest BCUT2D eigenvalue weighted by atomic mass is 19.4. The molecule has 1 saturated heterocycles. The Kier molecular flexibility index (Phi) is 6.26. The number of amides is 1. The molecule has 0 bridgehead atoms. The highest BCUT2D eigenvalue weighted by molar-refractivity contribution is 5.79. The predicted molar refractivity (Wildman–Crippen MR) is 98.1 cm³/mol. The van der Waals surface area contributed by atoms with E-state index in [-0.39, 0.29) is 12.5 Å². The largest absolute Gasteiger partial charge is 0.416 e. The third-order valence-corrected chi connectivity index (χ3v) is 5.57. The molecule has 1 N–H and O–H groups in total. The summed E-state index contributed by atoms with van der Waals surface area (Å²) in [6, 6.07) is 7.53. The lowest BCUT2D eigenvalue weighted by Crippen LogP contribution is -2.52. The lowest BCUT2D eigenvalue weighted by Gasteiger charge is -2.35. The van der Waals surface area contributed by atoms with Crippen LogP contribution in [0.1, 0.15) is 36.8 Å². The van der Waals surface area contributed by atoms with E-state index in [9.17, 15) is 23.2 Å². The summed E-state index contributed by atoms with van der Waals surface area (Å²) in [6.45, 7) is 3.80. The van der Waals surface area contributed by atoms with Crippen LogP contribution < -0.4 is 5.32 Å². The molecule has 0 unspecified atom stereocenters. The van der Waals surface area contributed by atoms with Crippen LogP contribution in [0.15, 0.2) is 24.3 Å². The number of nitrogens with one attached hydrogen (secondary N) is 1. The second-order valence-corrected chi connectivity index (χ2v) is 7.70. The lowest BCUT2D eigenvalue weighted by molar-refractivity contribution is -0.137. The number of carbonyl (C=O) groups is 1. The first-order chi connectivity index (χ1) is 13.3. The highest BCUT2D eigenvalue weighted by Crippen LogP contribution is 2.30. The highest BCUT2D eigenvalue weighted by Gasteiger charge is 2.35. The maximum absolute atomic E-state index is 12.6. The smallest absolute Gasteiger partial charge is 0.337 e. The molecule has 2 fully saturated rings. The molecule has 1 amide bonds. The molecule has 0 atom stereocenters. The van der Waals surface area contributed by atoms with Gasteiger partial charge in [0, 0.05) is 32.7 Å². The molecule has 1 saturated carbocycles. The van der Waals surface area contributed by atoms with Gasteiger partial charge in [0.25, 0.3) is 0 Å². The third-order valence-electron chi connectivity index (χ3n) is 5.57. The molecule has 3 rings (SSSR count). The molecule has 0 spiro atoms. The Morgan fingerprint density at radius 1 is 1.07 bits per heavy atom. The molecule has 1 aliphatic heterocycles. The number of alkyl halides is 3. The molecule has 1 aromatic carbocycles. The van der Waals surface area contributed by atoms with Gasteiger partial charge in [-0.15, -0.1) is 0 Å². The maximum atomic E-state index is 12.6. The van der Waals surface area contributed by atoms with E-state index in [0.717, 1.165) is 56.5 Å². The minimum atomic E-state index is -4.31. The van der Waals surface area contributed by atoms with Crippen LogP contribution in [0.4, 0.5) is 13.2 Å². The average Bonchev–Trinajstić information content (AvgIpc) is 3.12. The van der Waals surface area contributed by atoms with Gasteiger partial charge in [-0.3, -0.25) is 14.6 Å². The van der Waals surface area contributed by atoms with E-state index in [1.165, 1.54) is 12.1 Å². The second kappa shape index (κ2) is 8.50. The monoisotopic (exact) mass is 394 g/mol. The van der Waals surface area contributed by atoms with E-state index in [1.54, 1.807) is 0 Å². The quantitative estimate of drug-likeness (QED) is 0.834. The molecule has 1 aliphatic carbocycles. The molecule has 0 radical (unpaired) electrons. The van der Waals surface area contributed by atoms with Crippen molar-refractivity contribution >= 4 is 5.91 Å². The Bertz CT molecular complexity index is 712. The fourth-order valence-corrected chi connectivity index (χ4v) is 3.92. The zero-order valence-corrected chi connectivity index (χ0v) is 15.8. The van der Waals surface area contributed by atoms with E-state index in [0.29, 0.717) is 19.6 Å². The van der Waals surface area contributed by atoms with Crippen molar-refractivity contribution < 1.29 is 18.0 Å². The van der Waals surface area contributed by atoms with Crippen molar-refractivity contribution in [2.24, 2.45) is 0 Å². The molecule has 5 nitrogen and oxygen atoms in total. The van der Waals surface area contributed by atoms with Gasteiger partial charge >= 0.3 is 6.18 Å². The first kappa shape index (κ1) is 20.6. The number of hydrogen-bond donors (Lipinski definition) is 1. The van der Waals surface area contributed by atoms with Crippen molar-refractivity contribution in [3.63, 3.8) is 0 Å². The zero-order chi connectivity index (χ0) is 20.2. The number of carbonyl (C=O) groups excluding carboxylic acids is 1. The SMILES string of the molecule is N#CC1(NC(=O)CN2CCN(Cc3ccc(C(F)(F)F)cc3)CC2)CCCC1. The summed E-state index contributed by atoms with van der Waals surface area (Å²) in [5, 5.41) is 12.3. The standard InChI is InChI=1S/C20H25F3N4O/c21-20(22,23)17-5-3-16(4-6-17)13-26-9-11-27(12-10-26)14-18(28)25-19(15-24)7-1-2-8-19/h3-6H,1-2,7-14H2,(H,25,28). The topological polar surface area (TPSA) is 59.4 Å². The van der Waals surface area contributed by atoms with E-state index < -0.39 is 17.3 Å². The summed E-state index contributed by atoms with van der Waals surface area (Å²) in [7, 11) is 0. The Morgan fingerprint density at radius 3 is 2.18 bits per heavy atom. The molecule has 152 valence electrons. The summed E-state index contributed by atoms with van der Waals surface area (Å²) in [5.74, 6) is -0.111. The summed E-state index contributed by atoms with van der Waals surface area (Å²) in [5.41, 5.74) is -0.484. The minimum absolute atomic E-state index is 0.111. The van der Waals surface area contributed by atoms with Gasteiger partial charge in [-0.05, 0) is 43.4 Å². The van der Waals surface area contributed by atoms with Crippen molar-refractivity contribution in [3.05, 3.63) is 35.4 Å². The number of hydrogen-bond acceptors (Lipinski definition) is 4. The molecular weight excluding hydrogens is 369 g/mol. The number of halogens is 3. The third kappa shape index (κ3) is 5.24. The van der Waals surface area contributed by atoms with Crippen LogP contribution in [0.25, 0.3) is 0 Å². The summed E-state index contributed by atoms with van der Waals surface area (Å²) >= 11 is 0. The van der Waals surface area contributed by atoms with Gasteiger partial charge in [-0.2, -0.15) is 18.4 Å². The van der Waals surface area contributed by atoms with Gasteiger partial charge in [0.1, 0.15) is 5.54 Å². The van der Waals surface area contributed by atoms with Gasteiger partial charge in [0.05, 0.1) is 18.2 Å². The van der Waals surface area contributed by atoms with Crippen molar-refractivity contribution in [1.82, 2.24) is 15.1 Å². The first-order valence-electron chi connectivity index (χ1n) is 9.63. The van der Waals surface area contributed by atoms with Gasteiger partial charge in [-0.25, -0.2) is 0 Å². The molecule has 0 aromatic heterocycles. The van der Waals surface area contributed by atoms with Gasteiger partial charge < -0.3 is 5.32 Å².